The fraction of sp³-hybridized carbons (Fsp3) is 0.238. The van der Waals surface area contributed by atoms with Gasteiger partial charge in [-0.15, -0.1) is 6.58 Å². The van der Waals surface area contributed by atoms with Crippen LogP contribution in [0.4, 0.5) is 10.3 Å². The van der Waals surface area contributed by atoms with Gasteiger partial charge in [0.25, 0.3) is 11.8 Å². The van der Waals surface area contributed by atoms with E-state index in [9.17, 15) is 14.0 Å². The maximum absolute atomic E-state index is 13.4. The molecule has 8 heteroatoms. The van der Waals surface area contributed by atoms with Crippen molar-refractivity contribution in [2.24, 2.45) is 0 Å². The van der Waals surface area contributed by atoms with Crippen molar-refractivity contribution in [2.45, 2.75) is 0 Å². The highest BCUT2D eigenvalue weighted by molar-refractivity contribution is 6.35. The number of imide groups is 1. The van der Waals surface area contributed by atoms with E-state index in [1.807, 2.05) is 9.80 Å². The summed E-state index contributed by atoms with van der Waals surface area (Å²) in [5, 5.41) is 0. The summed E-state index contributed by atoms with van der Waals surface area (Å²) in [5.41, 5.74) is 1.19. The van der Waals surface area contributed by atoms with E-state index in [1.165, 1.54) is 35.2 Å². The summed E-state index contributed by atoms with van der Waals surface area (Å²) >= 11 is 0. The Morgan fingerprint density at radius 3 is 2.21 bits per heavy atom. The van der Waals surface area contributed by atoms with E-state index in [0.717, 1.165) is 0 Å². The zero-order valence-corrected chi connectivity index (χ0v) is 15.8. The molecule has 0 bridgehead atoms. The van der Waals surface area contributed by atoms with Crippen LogP contribution >= 0.6 is 0 Å². The van der Waals surface area contributed by atoms with Gasteiger partial charge >= 0.3 is 0 Å². The van der Waals surface area contributed by atoms with Crippen LogP contribution < -0.4 is 4.90 Å². The summed E-state index contributed by atoms with van der Waals surface area (Å²) in [6.45, 7) is 6.08. The molecule has 148 valence electrons. The lowest BCUT2D eigenvalue weighted by molar-refractivity contribution is -0.136. The molecule has 2 aliphatic rings. The Morgan fingerprint density at radius 1 is 0.966 bits per heavy atom. The molecule has 0 atom stereocenters. The number of carbonyl (C=O) groups is 2. The first-order valence-corrected chi connectivity index (χ1v) is 9.34. The minimum atomic E-state index is -0.396. The maximum Gasteiger partial charge on any atom is 0.278 e. The maximum atomic E-state index is 13.4. The Bertz CT molecular complexity index is 966. The smallest absolute Gasteiger partial charge is 0.278 e. The molecule has 1 aromatic heterocycles. The number of carbonyl (C=O) groups excluding carboxylic acids is 2. The number of halogens is 1. The molecule has 1 saturated heterocycles. The van der Waals surface area contributed by atoms with Crippen LogP contribution in [-0.4, -0.2) is 64.3 Å². The number of rotatable bonds is 5. The SMILES string of the molecule is C=CCN1C(=O)C(c2ccc(F)cc2)=C(N2CCN(c3ncccn3)CC2)C1=O. The summed E-state index contributed by atoms with van der Waals surface area (Å²) in [5.74, 6) is -0.488. The molecule has 0 unspecified atom stereocenters. The van der Waals surface area contributed by atoms with Gasteiger partial charge in [0.05, 0.1) is 5.57 Å². The zero-order valence-electron chi connectivity index (χ0n) is 15.8. The van der Waals surface area contributed by atoms with Crippen molar-refractivity contribution in [2.75, 3.05) is 37.6 Å². The molecular weight excluding hydrogens is 373 g/mol. The first-order chi connectivity index (χ1) is 14.1. The van der Waals surface area contributed by atoms with Crippen LogP contribution in [0.25, 0.3) is 5.57 Å². The number of hydrogen-bond acceptors (Lipinski definition) is 6. The molecule has 2 aliphatic heterocycles. The topological polar surface area (TPSA) is 69.6 Å². The summed E-state index contributed by atoms with van der Waals surface area (Å²) in [6, 6.07) is 7.40. The van der Waals surface area contributed by atoms with Gasteiger partial charge in [-0.05, 0) is 23.8 Å². The Morgan fingerprint density at radius 2 is 1.59 bits per heavy atom. The number of nitrogens with zero attached hydrogens (tertiary/aromatic N) is 5. The molecule has 0 aliphatic carbocycles. The van der Waals surface area contributed by atoms with Gasteiger partial charge in [-0.3, -0.25) is 14.5 Å². The molecule has 0 saturated carbocycles. The lowest BCUT2D eigenvalue weighted by Gasteiger charge is -2.36. The predicted molar refractivity (Wildman–Crippen MR) is 106 cm³/mol. The van der Waals surface area contributed by atoms with Crippen LogP contribution in [0.15, 0.2) is 61.1 Å². The van der Waals surface area contributed by atoms with Crippen LogP contribution in [-0.2, 0) is 9.59 Å². The van der Waals surface area contributed by atoms with Crippen LogP contribution in [0.2, 0.25) is 0 Å². The molecule has 1 aromatic carbocycles. The van der Waals surface area contributed by atoms with Crippen molar-refractivity contribution >= 4 is 23.3 Å². The van der Waals surface area contributed by atoms with Crippen LogP contribution in [0.3, 0.4) is 0 Å². The highest BCUT2D eigenvalue weighted by Crippen LogP contribution is 2.32. The predicted octanol–water partition coefficient (Wildman–Crippen LogP) is 1.70. The van der Waals surface area contributed by atoms with Crippen molar-refractivity contribution in [3.63, 3.8) is 0 Å². The van der Waals surface area contributed by atoms with Gasteiger partial charge in [-0.2, -0.15) is 0 Å². The minimum Gasteiger partial charge on any atom is -0.363 e. The Hall–Kier alpha value is -3.55. The van der Waals surface area contributed by atoms with Crippen molar-refractivity contribution in [1.82, 2.24) is 19.8 Å². The average molecular weight is 393 g/mol. The van der Waals surface area contributed by atoms with Crippen LogP contribution in [0.5, 0.6) is 0 Å². The Kier molecular flexibility index (Phi) is 5.07. The highest BCUT2D eigenvalue weighted by atomic mass is 19.1. The Balaban J connectivity index is 1.64. The molecule has 4 rings (SSSR count). The third-order valence-electron chi connectivity index (χ3n) is 5.02. The number of anilines is 1. The van der Waals surface area contributed by atoms with Gasteiger partial charge in [0, 0.05) is 45.1 Å². The van der Waals surface area contributed by atoms with E-state index >= 15 is 0 Å². The van der Waals surface area contributed by atoms with E-state index < -0.39 is 5.82 Å². The second kappa shape index (κ2) is 7.83. The van der Waals surface area contributed by atoms with Crippen molar-refractivity contribution < 1.29 is 14.0 Å². The van der Waals surface area contributed by atoms with Crippen molar-refractivity contribution in [1.29, 1.82) is 0 Å². The first kappa shape index (κ1) is 18.8. The van der Waals surface area contributed by atoms with Gasteiger partial charge in [0.15, 0.2) is 0 Å². The van der Waals surface area contributed by atoms with E-state index in [-0.39, 0.29) is 18.4 Å². The molecular formula is C21H20FN5O2. The molecule has 7 nitrogen and oxygen atoms in total. The number of amides is 2. The van der Waals surface area contributed by atoms with Gasteiger partial charge in [0.1, 0.15) is 11.5 Å². The monoisotopic (exact) mass is 393 g/mol. The van der Waals surface area contributed by atoms with Crippen LogP contribution in [0, 0.1) is 5.82 Å². The van der Waals surface area contributed by atoms with E-state index in [1.54, 1.807) is 18.5 Å². The van der Waals surface area contributed by atoms with Gasteiger partial charge in [0.2, 0.25) is 5.95 Å². The van der Waals surface area contributed by atoms with Crippen LogP contribution in [0.1, 0.15) is 5.56 Å². The van der Waals surface area contributed by atoms with E-state index in [4.69, 9.17) is 0 Å². The Labute approximate surface area is 167 Å². The standard InChI is InChI=1S/C21H20FN5O2/c1-2-10-27-19(28)17(15-4-6-16(22)7-5-15)18(20(27)29)25-11-13-26(14-12-25)21-23-8-3-9-24-21/h2-9H,1,10-14H2. The van der Waals surface area contributed by atoms with E-state index in [0.29, 0.717) is 49.0 Å². The summed E-state index contributed by atoms with van der Waals surface area (Å²) in [4.78, 5) is 39.7. The number of piperazine rings is 1. The lowest BCUT2D eigenvalue weighted by Crippen LogP contribution is -2.48. The fourth-order valence-corrected chi connectivity index (χ4v) is 3.61. The molecule has 0 radical (unpaired) electrons. The van der Waals surface area contributed by atoms with Crippen molar-refractivity contribution in [3.8, 4) is 0 Å². The van der Waals surface area contributed by atoms with E-state index in [2.05, 4.69) is 16.5 Å². The molecule has 2 amide bonds. The quantitative estimate of drug-likeness (QED) is 0.569. The molecule has 0 N–H and O–H groups in total. The third kappa shape index (κ3) is 3.49. The first-order valence-electron chi connectivity index (χ1n) is 9.34. The molecule has 0 spiro atoms. The summed E-state index contributed by atoms with van der Waals surface area (Å²) in [6.07, 6.45) is 4.90. The van der Waals surface area contributed by atoms with Gasteiger partial charge in [-0.1, -0.05) is 18.2 Å². The number of benzene rings is 1. The van der Waals surface area contributed by atoms with Gasteiger partial charge in [-0.25, -0.2) is 14.4 Å². The average Bonchev–Trinajstić information content (AvgIpc) is 3.00. The second-order valence-electron chi connectivity index (χ2n) is 6.76. The van der Waals surface area contributed by atoms with Crippen molar-refractivity contribution in [3.05, 3.63) is 72.5 Å². The normalized spacial score (nSPS) is 17.3. The molecule has 2 aromatic rings. The fourth-order valence-electron chi connectivity index (χ4n) is 3.61. The largest absolute Gasteiger partial charge is 0.363 e. The summed E-state index contributed by atoms with van der Waals surface area (Å²) < 4.78 is 13.4. The third-order valence-corrected chi connectivity index (χ3v) is 5.02. The highest BCUT2D eigenvalue weighted by Gasteiger charge is 2.41. The molecule has 1 fully saturated rings. The van der Waals surface area contributed by atoms with Gasteiger partial charge < -0.3 is 9.80 Å². The summed E-state index contributed by atoms with van der Waals surface area (Å²) in [7, 11) is 0. The lowest BCUT2D eigenvalue weighted by atomic mass is 10.0. The zero-order chi connectivity index (χ0) is 20.4. The molecule has 29 heavy (non-hydrogen) atoms. The number of aromatic nitrogens is 2. The molecule has 3 heterocycles. The number of hydrogen-bond donors (Lipinski definition) is 0. The second-order valence-corrected chi connectivity index (χ2v) is 6.76. The minimum absolute atomic E-state index is 0.129.